The molecule has 1 aliphatic rings. The fourth-order valence-corrected chi connectivity index (χ4v) is 2.83. The van der Waals surface area contributed by atoms with E-state index < -0.39 is 0 Å². The SMILES string of the molecule is CC(NC(=O)c1ccc(Cn2cnnn2)cc1)C1=CCCCC1. The summed E-state index contributed by atoms with van der Waals surface area (Å²) in [6, 6.07) is 7.65. The van der Waals surface area contributed by atoms with Crippen molar-refractivity contribution in [2.24, 2.45) is 0 Å². The molecule has 0 fully saturated rings. The van der Waals surface area contributed by atoms with E-state index in [2.05, 4.69) is 33.8 Å². The molecule has 3 rings (SSSR count). The monoisotopic (exact) mass is 311 g/mol. The normalized spacial score (nSPS) is 15.8. The lowest BCUT2D eigenvalue weighted by Gasteiger charge is -2.21. The minimum atomic E-state index is -0.0297. The van der Waals surface area contributed by atoms with Gasteiger partial charge in [-0.15, -0.1) is 5.10 Å². The maximum atomic E-state index is 12.4. The van der Waals surface area contributed by atoms with Crippen molar-refractivity contribution in [2.75, 3.05) is 0 Å². The molecule has 1 aromatic heterocycles. The van der Waals surface area contributed by atoms with Gasteiger partial charge < -0.3 is 5.32 Å². The number of carbonyl (C=O) groups excluding carboxylic acids is 1. The van der Waals surface area contributed by atoms with E-state index >= 15 is 0 Å². The van der Waals surface area contributed by atoms with Gasteiger partial charge in [-0.3, -0.25) is 4.79 Å². The van der Waals surface area contributed by atoms with Crippen LogP contribution in [0.3, 0.4) is 0 Å². The largest absolute Gasteiger partial charge is 0.346 e. The Bertz CT molecular complexity index is 676. The molecule has 0 bridgehead atoms. The molecule has 1 aromatic carbocycles. The highest BCUT2D eigenvalue weighted by molar-refractivity contribution is 5.94. The fraction of sp³-hybridized carbons (Fsp3) is 0.412. The maximum Gasteiger partial charge on any atom is 0.251 e. The molecule has 0 saturated carbocycles. The molecule has 6 heteroatoms. The maximum absolute atomic E-state index is 12.4. The van der Waals surface area contributed by atoms with E-state index in [1.807, 2.05) is 24.3 Å². The summed E-state index contributed by atoms with van der Waals surface area (Å²) in [4.78, 5) is 12.4. The van der Waals surface area contributed by atoms with Crippen LogP contribution in [0.4, 0.5) is 0 Å². The smallest absolute Gasteiger partial charge is 0.251 e. The lowest BCUT2D eigenvalue weighted by Crippen LogP contribution is -2.34. The van der Waals surface area contributed by atoms with Crippen LogP contribution in [-0.2, 0) is 6.54 Å². The van der Waals surface area contributed by atoms with Gasteiger partial charge in [-0.05, 0) is 60.7 Å². The van der Waals surface area contributed by atoms with Crippen LogP contribution in [0.1, 0.15) is 48.5 Å². The van der Waals surface area contributed by atoms with Crippen LogP contribution in [0.15, 0.2) is 42.2 Å². The Morgan fingerprint density at radius 1 is 1.30 bits per heavy atom. The third-order valence-corrected chi connectivity index (χ3v) is 4.18. The predicted molar refractivity (Wildman–Crippen MR) is 86.8 cm³/mol. The Hall–Kier alpha value is -2.50. The van der Waals surface area contributed by atoms with Crippen molar-refractivity contribution in [1.29, 1.82) is 0 Å². The first-order valence-corrected chi connectivity index (χ1v) is 8.02. The Morgan fingerprint density at radius 3 is 2.78 bits per heavy atom. The summed E-state index contributed by atoms with van der Waals surface area (Å²) in [6.07, 6.45) is 8.53. The summed E-state index contributed by atoms with van der Waals surface area (Å²) in [5, 5.41) is 14.1. The molecule has 2 aromatic rings. The number of amides is 1. The number of rotatable bonds is 5. The lowest BCUT2D eigenvalue weighted by atomic mass is 9.94. The summed E-state index contributed by atoms with van der Waals surface area (Å²) in [6.45, 7) is 2.65. The first kappa shape index (κ1) is 15.4. The van der Waals surface area contributed by atoms with Gasteiger partial charge in [-0.25, -0.2) is 4.68 Å². The molecule has 1 amide bonds. The van der Waals surface area contributed by atoms with E-state index in [0.717, 1.165) is 18.4 Å². The van der Waals surface area contributed by atoms with Crippen LogP contribution in [0.2, 0.25) is 0 Å². The van der Waals surface area contributed by atoms with Gasteiger partial charge in [0.25, 0.3) is 5.91 Å². The number of benzene rings is 1. The highest BCUT2D eigenvalue weighted by Gasteiger charge is 2.15. The van der Waals surface area contributed by atoms with Gasteiger partial charge in [-0.1, -0.05) is 23.8 Å². The molecular weight excluding hydrogens is 290 g/mol. The zero-order valence-electron chi connectivity index (χ0n) is 13.3. The quantitative estimate of drug-likeness (QED) is 0.860. The third kappa shape index (κ3) is 4.03. The van der Waals surface area contributed by atoms with Gasteiger partial charge in [0.2, 0.25) is 0 Å². The average molecular weight is 311 g/mol. The van der Waals surface area contributed by atoms with Gasteiger partial charge in [-0.2, -0.15) is 0 Å². The van der Waals surface area contributed by atoms with Gasteiger partial charge in [0.05, 0.1) is 6.54 Å². The Balaban J connectivity index is 1.60. The predicted octanol–water partition coefficient (Wildman–Crippen LogP) is 2.34. The molecule has 120 valence electrons. The van der Waals surface area contributed by atoms with E-state index in [1.54, 1.807) is 11.0 Å². The number of tetrazole rings is 1. The van der Waals surface area contributed by atoms with Crippen molar-refractivity contribution in [1.82, 2.24) is 25.5 Å². The Kier molecular flexibility index (Phi) is 4.80. The topological polar surface area (TPSA) is 72.7 Å². The van der Waals surface area contributed by atoms with Crippen molar-refractivity contribution in [3.05, 3.63) is 53.4 Å². The molecule has 1 aliphatic carbocycles. The van der Waals surface area contributed by atoms with Crippen molar-refractivity contribution in [3.63, 3.8) is 0 Å². The molecule has 0 radical (unpaired) electrons. The Labute approximate surface area is 135 Å². The number of aromatic nitrogens is 4. The van der Waals surface area contributed by atoms with E-state index in [4.69, 9.17) is 0 Å². The van der Waals surface area contributed by atoms with Crippen LogP contribution in [0, 0.1) is 0 Å². The van der Waals surface area contributed by atoms with Crippen LogP contribution in [0.25, 0.3) is 0 Å². The molecular formula is C17H21N5O. The molecule has 6 nitrogen and oxygen atoms in total. The van der Waals surface area contributed by atoms with Crippen molar-refractivity contribution in [3.8, 4) is 0 Å². The molecule has 1 heterocycles. The Morgan fingerprint density at radius 2 is 2.13 bits per heavy atom. The minimum absolute atomic E-state index is 0.0297. The highest BCUT2D eigenvalue weighted by atomic mass is 16.1. The number of nitrogens with zero attached hydrogens (tertiary/aromatic N) is 4. The second-order valence-electron chi connectivity index (χ2n) is 5.92. The molecule has 0 aliphatic heterocycles. The van der Waals surface area contributed by atoms with Crippen LogP contribution in [0.5, 0.6) is 0 Å². The number of hydrogen-bond donors (Lipinski definition) is 1. The van der Waals surface area contributed by atoms with E-state index in [9.17, 15) is 4.79 Å². The number of hydrogen-bond acceptors (Lipinski definition) is 4. The van der Waals surface area contributed by atoms with Crippen LogP contribution >= 0.6 is 0 Å². The van der Waals surface area contributed by atoms with E-state index in [0.29, 0.717) is 12.1 Å². The number of allylic oxidation sites excluding steroid dienone is 1. The molecule has 23 heavy (non-hydrogen) atoms. The van der Waals surface area contributed by atoms with Crippen molar-refractivity contribution >= 4 is 5.91 Å². The molecule has 0 spiro atoms. The zero-order chi connectivity index (χ0) is 16.1. The van der Waals surface area contributed by atoms with Crippen LogP contribution < -0.4 is 5.32 Å². The second kappa shape index (κ2) is 7.17. The summed E-state index contributed by atoms with van der Waals surface area (Å²) in [7, 11) is 0. The van der Waals surface area contributed by atoms with Crippen molar-refractivity contribution in [2.45, 2.75) is 45.2 Å². The first-order valence-electron chi connectivity index (χ1n) is 8.02. The molecule has 1 atom stereocenters. The lowest BCUT2D eigenvalue weighted by molar-refractivity contribution is 0.0944. The highest BCUT2D eigenvalue weighted by Crippen LogP contribution is 2.20. The standard InChI is InChI=1S/C17H21N5O/c1-13(15-5-3-2-4-6-15)19-17(23)16-9-7-14(8-10-16)11-22-12-18-20-21-22/h5,7-10,12-13H,2-4,6,11H2,1H3,(H,19,23). The van der Waals surface area contributed by atoms with E-state index in [1.165, 1.54) is 18.4 Å². The van der Waals surface area contributed by atoms with Gasteiger partial charge >= 0.3 is 0 Å². The molecule has 1 N–H and O–H groups in total. The van der Waals surface area contributed by atoms with Crippen molar-refractivity contribution < 1.29 is 4.79 Å². The summed E-state index contributed by atoms with van der Waals surface area (Å²) in [5.74, 6) is -0.0297. The van der Waals surface area contributed by atoms with Gasteiger partial charge in [0.15, 0.2) is 0 Å². The first-order chi connectivity index (χ1) is 11.2. The number of nitrogens with one attached hydrogen (secondary N) is 1. The van der Waals surface area contributed by atoms with Crippen LogP contribution in [-0.4, -0.2) is 32.2 Å². The molecule has 0 saturated heterocycles. The minimum Gasteiger partial charge on any atom is -0.346 e. The fourth-order valence-electron chi connectivity index (χ4n) is 2.83. The second-order valence-corrected chi connectivity index (χ2v) is 5.92. The molecule has 1 unspecified atom stereocenters. The third-order valence-electron chi connectivity index (χ3n) is 4.18. The average Bonchev–Trinajstić information content (AvgIpc) is 3.09. The van der Waals surface area contributed by atoms with Gasteiger partial charge in [0, 0.05) is 11.6 Å². The zero-order valence-corrected chi connectivity index (χ0v) is 13.3. The summed E-state index contributed by atoms with van der Waals surface area (Å²) < 4.78 is 1.65. The summed E-state index contributed by atoms with van der Waals surface area (Å²) in [5.41, 5.74) is 3.07. The van der Waals surface area contributed by atoms with Gasteiger partial charge in [0.1, 0.15) is 6.33 Å². The van der Waals surface area contributed by atoms with E-state index in [-0.39, 0.29) is 11.9 Å². The summed E-state index contributed by atoms with van der Waals surface area (Å²) >= 11 is 0. The number of carbonyl (C=O) groups is 1.